The summed E-state index contributed by atoms with van der Waals surface area (Å²) in [5.41, 5.74) is 9.69. The number of halogens is 1. The number of hydrogen-bond acceptors (Lipinski definition) is 2. The highest BCUT2D eigenvalue weighted by atomic mass is 79.9. The van der Waals surface area contributed by atoms with Crippen molar-refractivity contribution in [3.63, 3.8) is 0 Å². The number of hydrogen-bond donors (Lipinski definition) is 1. The number of ether oxygens (including phenoxy) is 1. The molecule has 2 aromatic rings. The van der Waals surface area contributed by atoms with E-state index in [2.05, 4.69) is 35.0 Å². The molecule has 0 aliphatic heterocycles. The van der Waals surface area contributed by atoms with Gasteiger partial charge in [-0.15, -0.1) is 0 Å². The lowest BCUT2D eigenvalue weighted by Gasteiger charge is -2.15. The molecule has 0 radical (unpaired) electrons. The Balaban J connectivity index is 2.29. The van der Waals surface area contributed by atoms with E-state index in [9.17, 15) is 0 Å². The smallest absolute Gasteiger partial charge is 0.119 e. The van der Waals surface area contributed by atoms with E-state index in [0.29, 0.717) is 6.61 Å². The van der Waals surface area contributed by atoms with Crippen molar-refractivity contribution < 1.29 is 4.74 Å². The lowest BCUT2D eigenvalue weighted by atomic mass is 9.98. The Morgan fingerprint density at radius 2 is 1.89 bits per heavy atom. The molecule has 0 amide bonds. The van der Waals surface area contributed by atoms with Crippen LogP contribution in [0.3, 0.4) is 0 Å². The van der Waals surface area contributed by atoms with Crippen LogP contribution in [0, 0.1) is 6.92 Å². The molecule has 1 unspecified atom stereocenters. The molecule has 0 fully saturated rings. The first-order valence-corrected chi connectivity index (χ1v) is 7.15. The molecule has 100 valence electrons. The average Bonchev–Trinajstić information content (AvgIpc) is 2.42. The fourth-order valence-electron chi connectivity index (χ4n) is 2.02. The summed E-state index contributed by atoms with van der Waals surface area (Å²) >= 11 is 3.51. The second-order valence-electron chi connectivity index (χ2n) is 4.49. The molecule has 0 spiro atoms. The Hall–Kier alpha value is -1.32. The van der Waals surface area contributed by atoms with Gasteiger partial charge < -0.3 is 10.5 Å². The summed E-state index contributed by atoms with van der Waals surface area (Å²) in [5.74, 6) is 0.865. The Morgan fingerprint density at radius 1 is 1.16 bits per heavy atom. The maximum atomic E-state index is 6.33. The fourth-order valence-corrected chi connectivity index (χ4v) is 2.26. The summed E-state index contributed by atoms with van der Waals surface area (Å²) in [7, 11) is 0. The summed E-state index contributed by atoms with van der Waals surface area (Å²) in [4.78, 5) is 0. The van der Waals surface area contributed by atoms with Gasteiger partial charge >= 0.3 is 0 Å². The van der Waals surface area contributed by atoms with Crippen molar-refractivity contribution in [2.45, 2.75) is 19.9 Å². The Bertz CT molecular complexity index is 568. The summed E-state index contributed by atoms with van der Waals surface area (Å²) in [5, 5.41) is 0. The van der Waals surface area contributed by atoms with E-state index in [-0.39, 0.29) is 6.04 Å². The first-order chi connectivity index (χ1) is 9.11. The van der Waals surface area contributed by atoms with E-state index in [1.54, 1.807) is 0 Å². The molecular formula is C16H18BrNO. The minimum absolute atomic E-state index is 0.132. The van der Waals surface area contributed by atoms with E-state index >= 15 is 0 Å². The highest BCUT2D eigenvalue weighted by Crippen LogP contribution is 2.26. The molecule has 0 saturated carbocycles. The van der Waals surface area contributed by atoms with Gasteiger partial charge in [0.1, 0.15) is 5.75 Å². The van der Waals surface area contributed by atoms with E-state index in [1.807, 2.05) is 37.3 Å². The van der Waals surface area contributed by atoms with E-state index < -0.39 is 0 Å². The summed E-state index contributed by atoms with van der Waals surface area (Å²) in [6.45, 7) is 4.71. The molecule has 0 bridgehead atoms. The second kappa shape index (κ2) is 6.22. The lowest BCUT2D eigenvalue weighted by Crippen LogP contribution is -2.12. The molecule has 2 nitrogen and oxygen atoms in total. The van der Waals surface area contributed by atoms with Gasteiger partial charge in [-0.2, -0.15) is 0 Å². The quantitative estimate of drug-likeness (QED) is 0.916. The van der Waals surface area contributed by atoms with Gasteiger partial charge in [-0.05, 0) is 48.7 Å². The van der Waals surface area contributed by atoms with Crippen molar-refractivity contribution in [1.29, 1.82) is 0 Å². The largest absolute Gasteiger partial charge is 0.494 e. The molecule has 0 aliphatic carbocycles. The normalized spacial score (nSPS) is 12.2. The SMILES string of the molecule is CCOc1cccc(C(N)c2ccc(Br)c(C)c2)c1. The highest BCUT2D eigenvalue weighted by molar-refractivity contribution is 9.10. The van der Waals surface area contributed by atoms with Crippen LogP contribution in [-0.4, -0.2) is 6.61 Å². The zero-order valence-electron chi connectivity index (χ0n) is 11.2. The maximum absolute atomic E-state index is 6.33. The van der Waals surface area contributed by atoms with Crippen LogP contribution in [0.2, 0.25) is 0 Å². The fraction of sp³-hybridized carbons (Fsp3) is 0.250. The molecule has 0 aliphatic rings. The van der Waals surface area contributed by atoms with Crippen LogP contribution in [-0.2, 0) is 0 Å². The molecule has 0 aromatic heterocycles. The van der Waals surface area contributed by atoms with Gasteiger partial charge in [0, 0.05) is 4.47 Å². The number of nitrogens with two attached hydrogens (primary N) is 1. The zero-order valence-corrected chi connectivity index (χ0v) is 12.8. The number of benzene rings is 2. The van der Waals surface area contributed by atoms with Crippen molar-refractivity contribution >= 4 is 15.9 Å². The number of rotatable bonds is 4. The van der Waals surface area contributed by atoms with Gasteiger partial charge in [-0.1, -0.05) is 40.2 Å². The third-order valence-corrected chi connectivity index (χ3v) is 3.96. The van der Waals surface area contributed by atoms with Crippen molar-refractivity contribution in [3.8, 4) is 5.75 Å². The molecule has 1 atom stereocenters. The molecule has 2 rings (SSSR count). The van der Waals surface area contributed by atoms with Crippen LogP contribution in [0.4, 0.5) is 0 Å². The van der Waals surface area contributed by atoms with E-state index in [0.717, 1.165) is 21.3 Å². The molecule has 0 saturated heterocycles. The summed E-state index contributed by atoms with van der Waals surface area (Å²) < 4.78 is 6.62. The van der Waals surface area contributed by atoms with Crippen LogP contribution in [0.15, 0.2) is 46.9 Å². The molecule has 2 aromatic carbocycles. The van der Waals surface area contributed by atoms with Gasteiger partial charge in [0.15, 0.2) is 0 Å². The third kappa shape index (κ3) is 3.37. The topological polar surface area (TPSA) is 35.2 Å². The molecule has 2 N–H and O–H groups in total. The van der Waals surface area contributed by atoms with E-state index in [1.165, 1.54) is 5.56 Å². The molecular weight excluding hydrogens is 302 g/mol. The Labute approximate surface area is 122 Å². The van der Waals surface area contributed by atoms with Crippen LogP contribution >= 0.6 is 15.9 Å². The highest BCUT2D eigenvalue weighted by Gasteiger charge is 2.10. The van der Waals surface area contributed by atoms with Crippen molar-refractivity contribution in [1.82, 2.24) is 0 Å². The average molecular weight is 320 g/mol. The van der Waals surface area contributed by atoms with Gasteiger partial charge in [0.2, 0.25) is 0 Å². The standard InChI is InChI=1S/C16H18BrNO/c1-3-19-14-6-4-5-12(10-14)16(18)13-7-8-15(17)11(2)9-13/h4-10,16H,3,18H2,1-2H3. The Kier molecular flexibility index (Phi) is 4.61. The zero-order chi connectivity index (χ0) is 13.8. The first-order valence-electron chi connectivity index (χ1n) is 6.36. The predicted molar refractivity (Wildman–Crippen MR) is 82.5 cm³/mol. The van der Waals surface area contributed by atoms with Crippen molar-refractivity contribution in [2.24, 2.45) is 5.73 Å². The van der Waals surface area contributed by atoms with Crippen molar-refractivity contribution in [2.75, 3.05) is 6.61 Å². The maximum Gasteiger partial charge on any atom is 0.119 e. The molecule has 0 heterocycles. The predicted octanol–water partition coefficient (Wildman–Crippen LogP) is 4.20. The summed E-state index contributed by atoms with van der Waals surface area (Å²) in [6, 6.07) is 14.0. The summed E-state index contributed by atoms with van der Waals surface area (Å²) in [6.07, 6.45) is 0. The first kappa shape index (κ1) is 14.1. The molecule has 19 heavy (non-hydrogen) atoms. The van der Waals surface area contributed by atoms with Gasteiger partial charge in [0.25, 0.3) is 0 Å². The van der Waals surface area contributed by atoms with Crippen LogP contribution < -0.4 is 10.5 Å². The van der Waals surface area contributed by atoms with Crippen molar-refractivity contribution in [3.05, 3.63) is 63.6 Å². The van der Waals surface area contributed by atoms with Crippen LogP contribution in [0.5, 0.6) is 5.75 Å². The Morgan fingerprint density at radius 3 is 2.58 bits per heavy atom. The third-order valence-electron chi connectivity index (χ3n) is 3.07. The van der Waals surface area contributed by atoms with E-state index in [4.69, 9.17) is 10.5 Å². The minimum Gasteiger partial charge on any atom is -0.494 e. The second-order valence-corrected chi connectivity index (χ2v) is 5.35. The van der Waals surface area contributed by atoms with Crippen LogP contribution in [0.25, 0.3) is 0 Å². The van der Waals surface area contributed by atoms with Crippen LogP contribution in [0.1, 0.15) is 29.7 Å². The molecule has 3 heteroatoms. The monoisotopic (exact) mass is 319 g/mol. The van der Waals surface area contributed by atoms with Gasteiger partial charge in [-0.25, -0.2) is 0 Å². The van der Waals surface area contributed by atoms with Gasteiger partial charge in [0.05, 0.1) is 12.6 Å². The number of aryl methyl sites for hydroxylation is 1. The van der Waals surface area contributed by atoms with Gasteiger partial charge in [-0.3, -0.25) is 0 Å². The minimum atomic E-state index is -0.132. The lowest BCUT2D eigenvalue weighted by molar-refractivity contribution is 0.340.